The summed E-state index contributed by atoms with van der Waals surface area (Å²) in [5, 5.41) is 22.5. The van der Waals surface area contributed by atoms with Gasteiger partial charge in [-0.3, -0.25) is 4.79 Å². The average molecular weight is 440 g/mol. The predicted molar refractivity (Wildman–Crippen MR) is 133 cm³/mol. The zero-order valence-electron chi connectivity index (χ0n) is 20.8. The van der Waals surface area contributed by atoms with Gasteiger partial charge in [0.15, 0.2) is 0 Å². The third-order valence-electron chi connectivity index (χ3n) is 6.02. The Kier molecular flexibility index (Phi) is 23.1. The standard InChI is InChI=1S/C27H53NO3/c1-3-5-7-9-10-11-12-13-14-15-16-17-19-20-22-26(30)25(24-29)28-27(31)23-21-18-8-6-4-2/h20,22,25-26,29-30H,3-19,21,23-24H2,1-2H3,(H,28,31)/b22-20+/t25-,26+/m1/s1. The van der Waals surface area contributed by atoms with E-state index < -0.39 is 12.1 Å². The van der Waals surface area contributed by atoms with E-state index in [0.29, 0.717) is 6.42 Å². The van der Waals surface area contributed by atoms with Crippen molar-refractivity contribution in [3.8, 4) is 0 Å². The molecule has 2 atom stereocenters. The smallest absolute Gasteiger partial charge is 0.220 e. The molecule has 4 nitrogen and oxygen atoms in total. The number of unbranched alkanes of at least 4 members (excludes halogenated alkanes) is 16. The highest BCUT2D eigenvalue weighted by molar-refractivity contribution is 5.76. The largest absolute Gasteiger partial charge is 0.394 e. The van der Waals surface area contributed by atoms with Gasteiger partial charge in [-0.15, -0.1) is 0 Å². The second kappa shape index (κ2) is 23.8. The molecule has 0 aromatic heterocycles. The van der Waals surface area contributed by atoms with Crippen LogP contribution in [0.5, 0.6) is 0 Å². The first-order valence-corrected chi connectivity index (χ1v) is 13.4. The monoisotopic (exact) mass is 439 g/mol. The number of aliphatic hydroxyl groups is 2. The van der Waals surface area contributed by atoms with E-state index >= 15 is 0 Å². The number of carbonyl (C=O) groups excluding carboxylic acids is 1. The van der Waals surface area contributed by atoms with E-state index in [0.717, 1.165) is 32.1 Å². The molecular formula is C27H53NO3. The Morgan fingerprint density at radius 3 is 1.68 bits per heavy atom. The predicted octanol–water partition coefficient (Wildman–Crippen LogP) is 6.83. The summed E-state index contributed by atoms with van der Waals surface area (Å²) >= 11 is 0. The van der Waals surface area contributed by atoms with Crippen molar-refractivity contribution in [3.05, 3.63) is 12.2 Å². The maximum absolute atomic E-state index is 12.0. The van der Waals surface area contributed by atoms with Crippen molar-refractivity contribution in [2.75, 3.05) is 6.61 Å². The Hall–Kier alpha value is -0.870. The molecule has 0 heterocycles. The van der Waals surface area contributed by atoms with Crippen molar-refractivity contribution in [3.63, 3.8) is 0 Å². The number of amides is 1. The van der Waals surface area contributed by atoms with Crippen LogP contribution in [0.2, 0.25) is 0 Å². The molecule has 0 unspecified atom stereocenters. The first kappa shape index (κ1) is 30.1. The molecule has 0 saturated carbocycles. The fourth-order valence-electron chi connectivity index (χ4n) is 3.88. The molecule has 4 heteroatoms. The second-order valence-corrected chi connectivity index (χ2v) is 9.12. The topological polar surface area (TPSA) is 69.6 Å². The van der Waals surface area contributed by atoms with Crippen molar-refractivity contribution in [2.45, 2.75) is 148 Å². The van der Waals surface area contributed by atoms with Crippen molar-refractivity contribution in [2.24, 2.45) is 0 Å². The molecule has 0 aromatic rings. The van der Waals surface area contributed by atoms with Gasteiger partial charge in [-0.1, -0.05) is 122 Å². The highest BCUT2D eigenvalue weighted by atomic mass is 16.3. The summed E-state index contributed by atoms with van der Waals surface area (Å²) in [6.45, 7) is 4.19. The van der Waals surface area contributed by atoms with Gasteiger partial charge in [-0.05, 0) is 19.3 Å². The highest BCUT2D eigenvalue weighted by Crippen LogP contribution is 2.13. The molecule has 0 saturated heterocycles. The molecule has 184 valence electrons. The molecule has 1 amide bonds. The Morgan fingerprint density at radius 1 is 0.742 bits per heavy atom. The molecule has 0 bridgehead atoms. The van der Waals surface area contributed by atoms with Crippen LogP contribution in [0.25, 0.3) is 0 Å². The van der Waals surface area contributed by atoms with Gasteiger partial charge in [0.2, 0.25) is 5.91 Å². The maximum Gasteiger partial charge on any atom is 0.220 e. The molecule has 0 aliphatic rings. The summed E-state index contributed by atoms with van der Waals surface area (Å²) < 4.78 is 0. The number of rotatable bonds is 23. The molecule has 3 N–H and O–H groups in total. The van der Waals surface area contributed by atoms with Gasteiger partial charge in [0.05, 0.1) is 18.8 Å². The summed E-state index contributed by atoms with van der Waals surface area (Å²) in [5.41, 5.74) is 0. The molecule has 0 fully saturated rings. The van der Waals surface area contributed by atoms with Gasteiger partial charge in [0.1, 0.15) is 0 Å². The first-order valence-electron chi connectivity index (χ1n) is 13.4. The molecule has 0 aromatic carbocycles. The fourth-order valence-corrected chi connectivity index (χ4v) is 3.88. The van der Waals surface area contributed by atoms with E-state index in [-0.39, 0.29) is 12.5 Å². The molecular weight excluding hydrogens is 386 g/mol. The summed E-state index contributed by atoms with van der Waals surface area (Å²) in [4.78, 5) is 12.0. The number of carbonyl (C=O) groups is 1. The number of allylic oxidation sites excluding steroid dienone is 1. The van der Waals surface area contributed by atoms with Crippen LogP contribution in [0, 0.1) is 0 Å². The second-order valence-electron chi connectivity index (χ2n) is 9.12. The first-order chi connectivity index (χ1) is 15.2. The van der Waals surface area contributed by atoms with E-state index in [1.54, 1.807) is 6.08 Å². The van der Waals surface area contributed by atoms with E-state index in [1.807, 2.05) is 6.08 Å². The van der Waals surface area contributed by atoms with Crippen LogP contribution < -0.4 is 5.32 Å². The third-order valence-corrected chi connectivity index (χ3v) is 6.02. The van der Waals surface area contributed by atoms with Crippen molar-refractivity contribution >= 4 is 5.91 Å². The van der Waals surface area contributed by atoms with Crippen molar-refractivity contribution in [1.82, 2.24) is 5.32 Å². The normalized spacial score (nSPS) is 13.5. The van der Waals surface area contributed by atoms with Crippen LogP contribution in [0.1, 0.15) is 136 Å². The Balaban J connectivity index is 3.66. The van der Waals surface area contributed by atoms with Gasteiger partial charge >= 0.3 is 0 Å². The Labute approximate surface area is 193 Å². The minimum atomic E-state index is -0.827. The van der Waals surface area contributed by atoms with E-state index in [1.165, 1.54) is 83.5 Å². The van der Waals surface area contributed by atoms with E-state index in [9.17, 15) is 15.0 Å². The minimum absolute atomic E-state index is 0.0797. The molecule has 0 radical (unpaired) electrons. The minimum Gasteiger partial charge on any atom is -0.394 e. The van der Waals surface area contributed by atoms with Crippen LogP contribution in [0.3, 0.4) is 0 Å². The lowest BCUT2D eigenvalue weighted by Gasteiger charge is -2.20. The third kappa shape index (κ3) is 20.8. The fraction of sp³-hybridized carbons (Fsp3) is 0.889. The SMILES string of the molecule is CCCCCCCCCCCCCC/C=C/[C@H](O)[C@@H](CO)NC(=O)CCCCCCC. The Morgan fingerprint density at radius 2 is 1.19 bits per heavy atom. The lowest BCUT2D eigenvalue weighted by Crippen LogP contribution is -2.45. The average Bonchev–Trinajstić information content (AvgIpc) is 2.77. The number of aliphatic hydroxyl groups excluding tert-OH is 2. The van der Waals surface area contributed by atoms with E-state index in [2.05, 4.69) is 19.2 Å². The number of hydrogen-bond acceptors (Lipinski definition) is 3. The van der Waals surface area contributed by atoms with Crippen LogP contribution in [-0.4, -0.2) is 34.9 Å². The molecule has 0 aliphatic heterocycles. The van der Waals surface area contributed by atoms with Gasteiger partial charge in [-0.25, -0.2) is 0 Å². The summed E-state index contributed by atoms with van der Waals surface area (Å²) in [5.74, 6) is -0.0797. The summed E-state index contributed by atoms with van der Waals surface area (Å²) in [7, 11) is 0. The molecule has 0 aliphatic carbocycles. The molecule has 31 heavy (non-hydrogen) atoms. The van der Waals surface area contributed by atoms with Gasteiger partial charge in [0.25, 0.3) is 0 Å². The van der Waals surface area contributed by atoms with E-state index in [4.69, 9.17) is 0 Å². The van der Waals surface area contributed by atoms with Crippen LogP contribution in [0.4, 0.5) is 0 Å². The van der Waals surface area contributed by atoms with Crippen LogP contribution >= 0.6 is 0 Å². The van der Waals surface area contributed by atoms with Gasteiger partial charge in [-0.2, -0.15) is 0 Å². The zero-order valence-corrected chi connectivity index (χ0v) is 20.8. The lowest BCUT2D eigenvalue weighted by atomic mass is 10.0. The highest BCUT2D eigenvalue weighted by Gasteiger charge is 2.17. The van der Waals surface area contributed by atoms with Gasteiger partial charge < -0.3 is 15.5 Å². The van der Waals surface area contributed by atoms with Gasteiger partial charge in [0, 0.05) is 6.42 Å². The van der Waals surface area contributed by atoms with Crippen molar-refractivity contribution in [1.29, 1.82) is 0 Å². The Bertz CT molecular complexity index is 411. The summed E-state index contributed by atoms with van der Waals surface area (Å²) in [6, 6.07) is -0.610. The quantitative estimate of drug-likeness (QED) is 0.121. The van der Waals surface area contributed by atoms with Crippen LogP contribution in [-0.2, 0) is 4.79 Å². The maximum atomic E-state index is 12.0. The lowest BCUT2D eigenvalue weighted by molar-refractivity contribution is -0.123. The molecule has 0 spiro atoms. The van der Waals surface area contributed by atoms with Crippen LogP contribution in [0.15, 0.2) is 12.2 Å². The molecule has 0 rings (SSSR count). The number of hydrogen-bond donors (Lipinski definition) is 3. The van der Waals surface area contributed by atoms with Crippen molar-refractivity contribution < 1.29 is 15.0 Å². The zero-order chi connectivity index (χ0) is 23.0. The summed E-state index contributed by atoms with van der Waals surface area (Å²) in [6.07, 6.45) is 25.8. The number of nitrogens with one attached hydrogen (secondary N) is 1.